The van der Waals surface area contributed by atoms with Gasteiger partial charge in [-0.15, -0.1) is 11.3 Å². The molecule has 0 aliphatic rings. The number of carbonyl (C=O) groups excluding carboxylic acids is 1. The van der Waals surface area contributed by atoms with Gasteiger partial charge >= 0.3 is 0 Å². The number of thiocarbonyl (C=S) groups is 1. The molecule has 0 fully saturated rings. The van der Waals surface area contributed by atoms with E-state index in [-0.39, 0.29) is 16.4 Å². The van der Waals surface area contributed by atoms with E-state index in [4.69, 9.17) is 12.2 Å². The van der Waals surface area contributed by atoms with Gasteiger partial charge in [0.15, 0.2) is 5.11 Å². The van der Waals surface area contributed by atoms with Gasteiger partial charge in [-0.2, -0.15) is 0 Å². The zero-order valence-corrected chi connectivity index (χ0v) is 17.9. The Kier molecular flexibility index (Phi) is 5.70. The van der Waals surface area contributed by atoms with Crippen molar-refractivity contribution in [3.8, 4) is 10.6 Å². The monoisotopic (exact) mass is 448 g/mol. The molecule has 0 spiro atoms. The first kappa shape index (κ1) is 20.6. The third-order valence-corrected chi connectivity index (χ3v) is 5.78. The average Bonchev–Trinajstić information content (AvgIpc) is 3.17. The lowest BCUT2D eigenvalue weighted by atomic mass is 10.1. The van der Waals surface area contributed by atoms with Crippen LogP contribution in [0.25, 0.3) is 20.8 Å². The van der Waals surface area contributed by atoms with Crippen LogP contribution in [0.2, 0.25) is 0 Å². The van der Waals surface area contributed by atoms with E-state index in [1.807, 2.05) is 36.4 Å². The van der Waals surface area contributed by atoms with Crippen LogP contribution in [0.3, 0.4) is 0 Å². The Morgan fingerprint density at radius 3 is 2.58 bits per heavy atom. The van der Waals surface area contributed by atoms with Crippen LogP contribution in [0.4, 0.5) is 11.4 Å². The van der Waals surface area contributed by atoms with Crippen LogP contribution in [0.5, 0.6) is 0 Å². The molecule has 0 saturated heterocycles. The van der Waals surface area contributed by atoms with Crippen LogP contribution in [-0.2, 0) is 0 Å². The SMILES string of the molecule is Cc1ccc2nc(-c3ccc(NC(=S)NC(=O)c4ccccc4[N+](=O)[O-])cc3)sc2c1. The molecular formula is C22H16N4O3S2. The molecule has 0 atom stereocenters. The lowest BCUT2D eigenvalue weighted by Crippen LogP contribution is -2.34. The molecule has 0 unspecified atom stereocenters. The fourth-order valence-electron chi connectivity index (χ4n) is 3.01. The van der Waals surface area contributed by atoms with Gasteiger partial charge in [0, 0.05) is 17.3 Å². The van der Waals surface area contributed by atoms with Crippen molar-refractivity contribution in [1.29, 1.82) is 0 Å². The number of nitro groups is 1. The molecule has 7 nitrogen and oxygen atoms in total. The normalized spacial score (nSPS) is 10.6. The number of thiazole rings is 1. The van der Waals surface area contributed by atoms with E-state index in [2.05, 4.69) is 28.6 Å². The topological polar surface area (TPSA) is 97.2 Å². The van der Waals surface area contributed by atoms with Gasteiger partial charge in [0.05, 0.1) is 15.1 Å². The van der Waals surface area contributed by atoms with E-state index in [0.717, 1.165) is 20.8 Å². The summed E-state index contributed by atoms with van der Waals surface area (Å²) in [6, 6.07) is 19.4. The molecule has 0 saturated carbocycles. The van der Waals surface area contributed by atoms with E-state index in [1.165, 1.54) is 23.8 Å². The summed E-state index contributed by atoms with van der Waals surface area (Å²) in [6.45, 7) is 2.05. The van der Waals surface area contributed by atoms with Gasteiger partial charge < -0.3 is 5.32 Å². The summed E-state index contributed by atoms with van der Waals surface area (Å²) < 4.78 is 1.14. The molecule has 31 heavy (non-hydrogen) atoms. The highest BCUT2D eigenvalue weighted by Crippen LogP contribution is 2.31. The summed E-state index contributed by atoms with van der Waals surface area (Å²) in [5, 5.41) is 17.5. The van der Waals surface area contributed by atoms with E-state index in [9.17, 15) is 14.9 Å². The first-order valence-corrected chi connectivity index (χ1v) is 10.5. The molecule has 0 radical (unpaired) electrons. The molecule has 1 heterocycles. The maximum atomic E-state index is 12.4. The van der Waals surface area contributed by atoms with Gasteiger partial charge in [-0.1, -0.05) is 18.2 Å². The first-order chi connectivity index (χ1) is 14.9. The van der Waals surface area contributed by atoms with Crippen molar-refractivity contribution in [2.24, 2.45) is 0 Å². The second-order valence-corrected chi connectivity index (χ2v) is 8.19. The van der Waals surface area contributed by atoms with Crippen molar-refractivity contribution in [2.75, 3.05) is 5.32 Å². The quantitative estimate of drug-likeness (QED) is 0.250. The number of rotatable bonds is 4. The number of aromatic nitrogens is 1. The number of carbonyl (C=O) groups is 1. The summed E-state index contributed by atoms with van der Waals surface area (Å²) in [6.07, 6.45) is 0. The molecule has 2 N–H and O–H groups in total. The molecule has 3 aromatic carbocycles. The minimum atomic E-state index is -0.647. The number of benzene rings is 3. The third kappa shape index (κ3) is 4.57. The van der Waals surface area contributed by atoms with Crippen molar-refractivity contribution in [1.82, 2.24) is 10.3 Å². The lowest BCUT2D eigenvalue weighted by molar-refractivity contribution is -0.385. The van der Waals surface area contributed by atoms with Crippen molar-refractivity contribution < 1.29 is 9.72 Å². The van der Waals surface area contributed by atoms with Crippen LogP contribution in [0.1, 0.15) is 15.9 Å². The van der Waals surface area contributed by atoms with Crippen LogP contribution in [0, 0.1) is 17.0 Å². The minimum absolute atomic E-state index is 0.0476. The molecule has 4 rings (SSSR count). The zero-order valence-electron chi connectivity index (χ0n) is 16.3. The van der Waals surface area contributed by atoms with Gasteiger partial charge in [-0.05, 0) is 67.2 Å². The summed E-state index contributed by atoms with van der Waals surface area (Å²) in [5.74, 6) is -0.647. The highest BCUT2D eigenvalue weighted by molar-refractivity contribution is 7.80. The number of nitrogens with zero attached hydrogens (tertiary/aromatic N) is 2. The number of aryl methyl sites for hydroxylation is 1. The number of para-hydroxylation sites is 1. The summed E-state index contributed by atoms with van der Waals surface area (Å²) in [5.41, 5.74) is 3.47. The van der Waals surface area contributed by atoms with E-state index in [1.54, 1.807) is 17.4 Å². The van der Waals surface area contributed by atoms with Crippen LogP contribution in [-0.4, -0.2) is 20.9 Å². The van der Waals surface area contributed by atoms with Gasteiger partial charge in [0.25, 0.3) is 11.6 Å². The summed E-state index contributed by atoms with van der Waals surface area (Å²) in [7, 11) is 0. The fourth-order valence-corrected chi connectivity index (χ4v) is 4.29. The maximum Gasteiger partial charge on any atom is 0.282 e. The Morgan fingerprint density at radius 1 is 1.10 bits per heavy atom. The van der Waals surface area contributed by atoms with Crippen molar-refractivity contribution in [3.63, 3.8) is 0 Å². The Labute approximate surface area is 186 Å². The molecule has 4 aromatic rings. The Hall–Kier alpha value is -3.69. The maximum absolute atomic E-state index is 12.4. The second kappa shape index (κ2) is 8.58. The Balaban J connectivity index is 1.44. The van der Waals surface area contributed by atoms with E-state index in [0.29, 0.717) is 5.69 Å². The van der Waals surface area contributed by atoms with Crippen molar-refractivity contribution in [3.05, 3.63) is 88.0 Å². The number of amides is 1. The Morgan fingerprint density at radius 2 is 1.84 bits per heavy atom. The first-order valence-electron chi connectivity index (χ1n) is 9.24. The molecular weight excluding hydrogens is 432 g/mol. The standard InChI is InChI=1S/C22H16N4O3S2/c1-13-6-11-17-19(12-13)31-21(24-17)14-7-9-15(10-8-14)23-22(30)25-20(27)16-4-2-3-5-18(16)26(28)29/h2-12H,1H3,(H2,23,25,27,30). The number of fused-ring (bicyclic) bond motifs is 1. The predicted octanol–water partition coefficient (Wildman–Crippen LogP) is 5.31. The largest absolute Gasteiger partial charge is 0.332 e. The van der Waals surface area contributed by atoms with Gasteiger partial charge in [-0.3, -0.25) is 20.2 Å². The number of hydrogen-bond donors (Lipinski definition) is 2. The minimum Gasteiger partial charge on any atom is -0.332 e. The second-order valence-electron chi connectivity index (χ2n) is 6.75. The molecule has 0 aliphatic carbocycles. The Bertz CT molecular complexity index is 1320. The molecule has 1 amide bonds. The van der Waals surface area contributed by atoms with Gasteiger partial charge in [-0.25, -0.2) is 4.98 Å². The highest BCUT2D eigenvalue weighted by atomic mass is 32.1. The fraction of sp³-hybridized carbons (Fsp3) is 0.0455. The third-order valence-electron chi connectivity index (χ3n) is 4.51. The molecule has 0 aliphatic heterocycles. The molecule has 1 aromatic heterocycles. The summed E-state index contributed by atoms with van der Waals surface area (Å²) >= 11 is 6.80. The average molecular weight is 449 g/mol. The van der Waals surface area contributed by atoms with E-state index >= 15 is 0 Å². The molecule has 9 heteroatoms. The van der Waals surface area contributed by atoms with E-state index < -0.39 is 10.8 Å². The molecule has 154 valence electrons. The zero-order chi connectivity index (χ0) is 22.0. The predicted molar refractivity (Wildman–Crippen MR) is 127 cm³/mol. The highest BCUT2D eigenvalue weighted by Gasteiger charge is 2.19. The van der Waals surface area contributed by atoms with Crippen LogP contribution in [0.15, 0.2) is 66.7 Å². The lowest BCUT2D eigenvalue weighted by Gasteiger charge is -2.10. The smallest absolute Gasteiger partial charge is 0.282 e. The van der Waals surface area contributed by atoms with Crippen LogP contribution >= 0.6 is 23.6 Å². The number of nitro benzene ring substituents is 1. The summed E-state index contributed by atoms with van der Waals surface area (Å²) in [4.78, 5) is 27.5. The number of nitrogens with one attached hydrogen (secondary N) is 2. The van der Waals surface area contributed by atoms with Crippen molar-refractivity contribution >= 4 is 56.2 Å². The number of anilines is 1. The van der Waals surface area contributed by atoms with Crippen LogP contribution < -0.4 is 10.6 Å². The van der Waals surface area contributed by atoms with Crippen molar-refractivity contribution in [2.45, 2.75) is 6.92 Å². The van der Waals surface area contributed by atoms with Gasteiger partial charge in [0.2, 0.25) is 0 Å². The van der Waals surface area contributed by atoms with Gasteiger partial charge in [0.1, 0.15) is 10.6 Å². The molecule has 0 bridgehead atoms. The number of hydrogen-bond acceptors (Lipinski definition) is 6.